The van der Waals surface area contributed by atoms with Crippen molar-refractivity contribution in [1.82, 2.24) is 20.2 Å². The van der Waals surface area contributed by atoms with E-state index >= 15 is 0 Å². The second kappa shape index (κ2) is 4.12. The lowest BCUT2D eigenvalue weighted by molar-refractivity contribution is 0.525. The Balaban J connectivity index is 2.58. The summed E-state index contributed by atoms with van der Waals surface area (Å²) >= 11 is 2.29. The molecule has 0 fully saturated rings. The van der Waals surface area contributed by atoms with Gasteiger partial charge in [-0.25, -0.2) is 0 Å². The van der Waals surface area contributed by atoms with E-state index < -0.39 is 0 Å². The Bertz CT molecular complexity index is 499. The van der Waals surface area contributed by atoms with E-state index in [0.717, 1.165) is 15.1 Å². The van der Waals surface area contributed by atoms with Crippen molar-refractivity contribution in [2.75, 3.05) is 0 Å². The Morgan fingerprint density at radius 1 is 1.19 bits per heavy atom. The normalized spacial score (nSPS) is 11.8. The Kier molecular flexibility index (Phi) is 2.96. The first-order valence-electron chi connectivity index (χ1n) is 5.04. The molecule has 0 saturated heterocycles. The summed E-state index contributed by atoms with van der Waals surface area (Å²) in [6.45, 7) is 6.31. The Labute approximate surface area is 108 Å². The average molecular weight is 328 g/mol. The SMILES string of the molecule is CC(C)(C)c1nnnn1-c1ccccc1I. The fourth-order valence-corrected chi connectivity index (χ4v) is 2.06. The van der Waals surface area contributed by atoms with E-state index in [1.807, 2.05) is 28.9 Å². The zero-order valence-corrected chi connectivity index (χ0v) is 11.6. The van der Waals surface area contributed by atoms with E-state index in [1.165, 1.54) is 0 Å². The zero-order chi connectivity index (χ0) is 11.8. The van der Waals surface area contributed by atoms with Gasteiger partial charge in [0.05, 0.1) is 5.69 Å². The van der Waals surface area contributed by atoms with E-state index in [1.54, 1.807) is 0 Å². The van der Waals surface area contributed by atoms with Crippen molar-refractivity contribution in [2.24, 2.45) is 0 Å². The van der Waals surface area contributed by atoms with E-state index in [9.17, 15) is 0 Å². The van der Waals surface area contributed by atoms with Gasteiger partial charge in [-0.1, -0.05) is 32.9 Å². The van der Waals surface area contributed by atoms with Gasteiger partial charge in [0.2, 0.25) is 0 Å². The summed E-state index contributed by atoms with van der Waals surface area (Å²) in [5, 5.41) is 11.9. The summed E-state index contributed by atoms with van der Waals surface area (Å²) in [7, 11) is 0. The molecule has 0 aliphatic rings. The number of tetrazole rings is 1. The maximum Gasteiger partial charge on any atom is 0.162 e. The van der Waals surface area contributed by atoms with E-state index in [-0.39, 0.29) is 5.41 Å². The van der Waals surface area contributed by atoms with Gasteiger partial charge in [-0.3, -0.25) is 0 Å². The molecule has 16 heavy (non-hydrogen) atoms. The number of hydrogen-bond donors (Lipinski definition) is 0. The molecule has 4 nitrogen and oxygen atoms in total. The number of para-hydroxylation sites is 1. The molecule has 0 aliphatic heterocycles. The lowest BCUT2D eigenvalue weighted by Gasteiger charge is -2.17. The molecule has 0 bridgehead atoms. The first-order valence-corrected chi connectivity index (χ1v) is 6.12. The van der Waals surface area contributed by atoms with Crippen LogP contribution in [0.2, 0.25) is 0 Å². The highest BCUT2D eigenvalue weighted by atomic mass is 127. The molecule has 5 heteroatoms. The molecule has 0 atom stereocenters. The van der Waals surface area contributed by atoms with Crippen molar-refractivity contribution in [2.45, 2.75) is 26.2 Å². The van der Waals surface area contributed by atoms with Crippen LogP contribution >= 0.6 is 22.6 Å². The minimum atomic E-state index is -0.0670. The van der Waals surface area contributed by atoms with Gasteiger partial charge in [0, 0.05) is 8.99 Å². The molecular weight excluding hydrogens is 315 g/mol. The van der Waals surface area contributed by atoms with Crippen LogP contribution < -0.4 is 0 Å². The lowest BCUT2D eigenvalue weighted by atomic mass is 9.96. The van der Waals surface area contributed by atoms with Crippen LogP contribution in [0.15, 0.2) is 24.3 Å². The molecule has 0 N–H and O–H groups in total. The molecule has 0 radical (unpaired) electrons. The van der Waals surface area contributed by atoms with Gasteiger partial charge < -0.3 is 0 Å². The van der Waals surface area contributed by atoms with Crippen LogP contribution in [0.1, 0.15) is 26.6 Å². The highest BCUT2D eigenvalue weighted by Gasteiger charge is 2.23. The average Bonchev–Trinajstić information content (AvgIpc) is 2.66. The van der Waals surface area contributed by atoms with E-state index in [2.05, 4.69) is 58.9 Å². The molecule has 2 rings (SSSR count). The smallest absolute Gasteiger partial charge is 0.162 e. The lowest BCUT2D eigenvalue weighted by Crippen LogP contribution is -2.19. The fourth-order valence-electron chi connectivity index (χ4n) is 1.44. The largest absolute Gasteiger partial charge is 0.196 e. The van der Waals surface area contributed by atoms with Crippen molar-refractivity contribution in [3.8, 4) is 5.69 Å². The van der Waals surface area contributed by atoms with Gasteiger partial charge in [0.15, 0.2) is 5.82 Å². The third-order valence-corrected chi connectivity index (χ3v) is 3.13. The molecule has 1 aromatic heterocycles. The number of aromatic nitrogens is 4. The van der Waals surface area contributed by atoms with Crippen molar-refractivity contribution in [3.63, 3.8) is 0 Å². The minimum absolute atomic E-state index is 0.0670. The summed E-state index contributed by atoms with van der Waals surface area (Å²) in [4.78, 5) is 0. The van der Waals surface area contributed by atoms with Gasteiger partial charge in [-0.05, 0) is 45.2 Å². The fraction of sp³-hybridized carbons (Fsp3) is 0.364. The summed E-state index contributed by atoms with van der Waals surface area (Å²) in [5.74, 6) is 0.872. The third-order valence-electron chi connectivity index (χ3n) is 2.22. The third kappa shape index (κ3) is 2.09. The quantitative estimate of drug-likeness (QED) is 0.756. The molecule has 0 aliphatic carbocycles. The molecule has 1 heterocycles. The van der Waals surface area contributed by atoms with Crippen LogP contribution in [0.25, 0.3) is 5.69 Å². The van der Waals surface area contributed by atoms with Gasteiger partial charge in [-0.15, -0.1) is 5.10 Å². The van der Waals surface area contributed by atoms with Crippen LogP contribution in [0, 0.1) is 3.57 Å². The molecule has 0 amide bonds. The monoisotopic (exact) mass is 328 g/mol. The minimum Gasteiger partial charge on any atom is -0.196 e. The topological polar surface area (TPSA) is 43.6 Å². The van der Waals surface area contributed by atoms with Crippen LogP contribution in [-0.2, 0) is 5.41 Å². The Morgan fingerprint density at radius 3 is 2.50 bits per heavy atom. The standard InChI is InChI=1S/C11H13IN4/c1-11(2,3)10-13-14-15-16(10)9-7-5-4-6-8(9)12/h4-7H,1-3H3. The van der Waals surface area contributed by atoms with Crippen LogP contribution in [0.3, 0.4) is 0 Å². The maximum atomic E-state index is 4.10. The summed E-state index contributed by atoms with van der Waals surface area (Å²) < 4.78 is 2.94. The molecule has 2 aromatic rings. The molecule has 0 spiro atoms. The van der Waals surface area contributed by atoms with Gasteiger partial charge >= 0.3 is 0 Å². The first kappa shape index (κ1) is 11.5. The zero-order valence-electron chi connectivity index (χ0n) is 9.48. The second-order valence-electron chi connectivity index (χ2n) is 4.62. The van der Waals surface area contributed by atoms with Crippen LogP contribution in [0.5, 0.6) is 0 Å². The highest BCUT2D eigenvalue weighted by molar-refractivity contribution is 14.1. The molecule has 84 valence electrons. The van der Waals surface area contributed by atoms with Crippen molar-refractivity contribution in [3.05, 3.63) is 33.7 Å². The van der Waals surface area contributed by atoms with Gasteiger partial charge in [0.1, 0.15) is 0 Å². The predicted molar refractivity (Wildman–Crippen MR) is 70.6 cm³/mol. The van der Waals surface area contributed by atoms with Crippen LogP contribution in [-0.4, -0.2) is 20.2 Å². The Morgan fingerprint density at radius 2 is 1.88 bits per heavy atom. The van der Waals surface area contributed by atoms with E-state index in [4.69, 9.17) is 0 Å². The number of benzene rings is 1. The maximum absolute atomic E-state index is 4.10. The van der Waals surface area contributed by atoms with Crippen molar-refractivity contribution >= 4 is 22.6 Å². The number of halogens is 1. The highest BCUT2D eigenvalue weighted by Crippen LogP contribution is 2.23. The van der Waals surface area contributed by atoms with Crippen molar-refractivity contribution < 1.29 is 0 Å². The van der Waals surface area contributed by atoms with E-state index in [0.29, 0.717) is 0 Å². The first-order chi connectivity index (χ1) is 7.50. The molecule has 0 unspecified atom stereocenters. The number of rotatable bonds is 1. The predicted octanol–water partition coefficient (Wildman–Crippen LogP) is 2.56. The summed E-state index contributed by atoms with van der Waals surface area (Å²) in [6.07, 6.45) is 0. The number of hydrogen-bond acceptors (Lipinski definition) is 3. The number of nitrogens with zero attached hydrogens (tertiary/aromatic N) is 4. The van der Waals surface area contributed by atoms with Crippen LogP contribution in [0.4, 0.5) is 0 Å². The molecular formula is C11H13IN4. The molecule has 0 saturated carbocycles. The van der Waals surface area contributed by atoms with Gasteiger partial charge in [0.25, 0.3) is 0 Å². The summed E-state index contributed by atoms with van der Waals surface area (Å²) in [6, 6.07) is 8.06. The second-order valence-corrected chi connectivity index (χ2v) is 5.78. The van der Waals surface area contributed by atoms with Gasteiger partial charge in [-0.2, -0.15) is 4.68 Å². The van der Waals surface area contributed by atoms with Crippen molar-refractivity contribution in [1.29, 1.82) is 0 Å². The molecule has 1 aromatic carbocycles. The summed E-state index contributed by atoms with van der Waals surface area (Å²) in [5.41, 5.74) is 0.959. The Hall–Kier alpha value is -0.980.